The molecule has 1 fully saturated rings. The number of fused-ring (bicyclic) bond motifs is 1. The number of nitrogens with one attached hydrogen (secondary N) is 2. The molecule has 2 heterocycles. The van der Waals surface area contributed by atoms with Crippen molar-refractivity contribution in [2.45, 2.75) is 24.9 Å². The van der Waals surface area contributed by atoms with Crippen LogP contribution >= 0.6 is 22.6 Å². The molecule has 0 radical (unpaired) electrons. The number of nitrogens with zero attached hydrogens (tertiary/aromatic N) is 2. The van der Waals surface area contributed by atoms with E-state index in [4.69, 9.17) is 9.72 Å². The van der Waals surface area contributed by atoms with E-state index in [0.29, 0.717) is 17.1 Å². The quantitative estimate of drug-likeness (QED) is 0.245. The molecule has 1 saturated heterocycles. The Bertz CT molecular complexity index is 1350. The van der Waals surface area contributed by atoms with Crippen LogP contribution in [0.2, 0.25) is 0 Å². The third-order valence-corrected chi connectivity index (χ3v) is 6.91. The standard InChI is InChI=1S/C26H23IN4O3/c1-15(16-6-4-3-5-7-16)23(24-28-20-13-10-18(27)14-21(20)29-24)31-25(32)22(30-26(31)33)17-8-11-19(34-2)12-9-17/h3-15,22-23H,1-2H3,(H,28,29)(H,30,33)/t15-,22-,23+/m1/s1. The van der Waals surface area contributed by atoms with Crippen LogP contribution in [0.3, 0.4) is 0 Å². The third kappa shape index (κ3) is 4.02. The number of urea groups is 1. The van der Waals surface area contributed by atoms with E-state index in [1.165, 1.54) is 4.90 Å². The van der Waals surface area contributed by atoms with Crippen molar-refractivity contribution >= 4 is 45.6 Å². The largest absolute Gasteiger partial charge is 0.497 e. The molecule has 7 nitrogen and oxygen atoms in total. The third-order valence-electron chi connectivity index (χ3n) is 6.24. The van der Waals surface area contributed by atoms with Crippen LogP contribution in [-0.4, -0.2) is 33.9 Å². The topological polar surface area (TPSA) is 87.3 Å². The van der Waals surface area contributed by atoms with Gasteiger partial charge in [-0.1, -0.05) is 49.4 Å². The lowest BCUT2D eigenvalue weighted by molar-refractivity contribution is -0.129. The molecule has 5 rings (SSSR count). The highest BCUT2D eigenvalue weighted by molar-refractivity contribution is 14.1. The van der Waals surface area contributed by atoms with Crippen LogP contribution in [0.4, 0.5) is 4.79 Å². The van der Waals surface area contributed by atoms with Gasteiger partial charge in [0.25, 0.3) is 5.91 Å². The number of hydrogen-bond acceptors (Lipinski definition) is 4. The van der Waals surface area contributed by atoms with Gasteiger partial charge in [0.1, 0.15) is 23.7 Å². The van der Waals surface area contributed by atoms with E-state index < -0.39 is 18.1 Å². The number of rotatable bonds is 6. The van der Waals surface area contributed by atoms with Crippen molar-refractivity contribution < 1.29 is 14.3 Å². The van der Waals surface area contributed by atoms with Gasteiger partial charge < -0.3 is 15.0 Å². The smallest absolute Gasteiger partial charge is 0.325 e. The Labute approximate surface area is 210 Å². The van der Waals surface area contributed by atoms with E-state index in [1.54, 1.807) is 31.4 Å². The lowest BCUT2D eigenvalue weighted by atomic mass is 9.91. The number of carbonyl (C=O) groups is 2. The number of carbonyl (C=O) groups excluding carboxylic acids is 2. The van der Waals surface area contributed by atoms with Crippen molar-refractivity contribution in [1.29, 1.82) is 0 Å². The number of hydrogen-bond donors (Lipinski definition) is 2. The van der Waals surface area contributed by atoms with Crippen LogP contribution in [0.15, 0.2) is 72.8 Å². The van der Waals surface area contributed by atoms with E-state index in [9.17, 15) is 9.59 Å². The fourth-order valence-electron chi connectivity index (χ4n) is 4.44. The first-order valence-corrected chi connectivity index (χ1v) is 12.0. The van der Waals surface area contributed by atoms with Crippen LogP contribution in [0, 0.1) is 3.57 Å². The molecule has 1 aliphatic rings. The Kier molecular flexibility index (Phi) is 5.99. The zero-order valence-corrected chi connectivity index (χ0v) is 20.8. The second-order valence-electron chi connectivity index (χ2n) is 8.29. The molecule has 172 valence electrons. The lowest BCUT2D eigenvalue weighted by Gasteiger charge is -2.29. The monoisotopic (exact) mass is 566 g/mol. The second-order valence-corrected chi connectivity index (χ2v) is 9.54. The summed E-state index contributed by atoms with van der Waals surface area (Å²) in [5, 5.41) is 2.86. The van der Waals surface area contributed by atoms with E-state index in [2.05, 4.69) is 32.9 Å². The summed E-state index contributed by atoms with van der Waals surface area (Å²) in [6.45, 7) is 2.01. The Balaban J connectivity index is 1.57. The molecule has 3 aromatic carbocycles. The summed E-state index contributed by atoms with van der Waals surface area (Å²) in [4.78, 5) is 36.4. The molecule has 0 unspecified atom stereocenters. The summed E-state index contributed by atoms with van der Waals surface area (Å²) in [5.41, 5.74) is 3.37. The summed E-state index contributed by atoms with van der Waals surface area (Å²) in [6, 6.07) is 21.1. The molecular weight excluding hydrogens is 543 g/mol. The van der Waals surface area contributed by atoms with Gasteiger partial charge in [-0.15, -0.1) is 0 Å². The van der Waals surface area contributed by atoms with Crippen LogP contribution in [0.25, 0.3) is 11.0 Å². The number of benzene rings is 3. The molecule has 1 aliphatic heterocycles. The van der Waals surface area contributed by atoms with Crippen molar-refractivity contribution in [2.75, 3.05) is 7.11 Å². The minimum Gasteiger partial charge on any atom is -0.497 e. The summed E-state index contributed by atoms with van der Waals surface area (Å²) < 4.78 is 6.29. The zero-order valence-electron chi connectivity index (χ0n) is 18.7. The zero-order chi connectivity index (χ0) is 23.8. The summed E-state index contributed by atoms with van der Waals surface area (Å²) in [6.07, 6.45) is 0. The molecule has 0 spiro atoms. The van der Waals surface area contributed by atoms with Gasteiger partial charge in [-0.05, 0) is 64.0 Å². The van der Waals surface area contributed by atoms with E-state index >= 15 is 0 Å². The van der Waals surface area contributed by atoms with Crippen molar-refractivity contribution in [3.8, 4) is 5.75 Å². The van der Waals surface area contributed by atoms with Crippen LogP contribution in [0.5, 0.6) is 5.75 Å². The summed E-state index contributed by atoms with van der Waals surface area (Å²) in [7, 11) is 1.59. The van der Waals surface area contributed by atoms with Gasteiger partial charge >= 0.3 is 6.03 Å². The average Bonchev–Trinajstić information content (AvgIpc) is 3.40. The van der Waals surface area contributed by atoms with Crippen LogP contribution in [0.1, 0.15) is 41.9 Å². The number of imidazole rings is 1. The van der Waals surface area contributed by atoms with Crippen molar-refractivity contribution in [3.05, 3.63) is 93.3 Å². The van der Waals surface area contributed by atoms with Gasteiger partial charge in [-0.25, -0.2) is 9.78 Å². The molecule has 0 saturated carbocycles. The molecule has 0 aliphatic carbocycles. The van der Waals surface area contributed by atoms with Gasteiger partial charge in [-0.3, -0.25) is 9.69 Å². The number of halogens is 1. The maximum Gasteiger partial charge on any atom is 0.325 e. The van der Waals surface area contributed by atoms with Gasteiger partial charge in [0.2, 0.25) is 0 Å². The van der Waals surface area contributed by atoms with Gasteiger partial charge in [0.05, 0.1) is 18.1 Å². The molecular formula is C26H23IN4O3. The molecule has 3 atom stereocenters. The molecule has 2 N–H and O–H groups in total. The van der Waals surface area contributed by atoms with Crippen molar-refractivity contribution in [1.82, 2.24) is 20.2 Å². The minimum absolute atomic E-state index is 0.190. The number of methoxy groups -OCH3 is 1. The number of imide groups is 1. The van der Waals surface area contributed by atoms with Crippen LogP contribution < -0.4 is 10.1 Å². The number of ether oxygens (including phenoxy) is 1. The Hall–Kier alpha value is -3.40. The first-order chi connectivity index (χ1) is 16.5. The van der Waals surface area contributed by atoms with Gasteiger partial charge in [0.15, 0.2) is 0 Å². The van der Waals surface area contributed by atoms with Gasteiger partial charge in [0, 0.05) is 9.49 Å². The predicted molar refractivity (Wildman–Crippen MR) is 138 cm³/mol. The predicted octanol–water partition coefficient (Wildman–Crippen LogP) is 5.31. The number of aromatic nitrogens is 2. The SMILES string of the molecule is COc1ccc([C@H]2NC(=O)N([C@H](c3nc4ccc(I)cc4[nH]3)[C@H](C)c3ccccc3)C2=O)cc1. The Morgan fingerprint density at radius 1 is 1.03 bits per heavy atom. The molecule has 4 aromatic rings. The molecule has 34 heavy (non-hydrogen) atoms. The van der Waals surface area contributed by atoms with E-state index in [1.807, 2.05) is 55.5 Å². The highest BCUT2D eigenvalue weighted by Crippen LogP contribution is 2.39. The van der Waals surface area contributed by atoms with E-state index in [0.717, 1.165) is 20.2 Å². The summed E-state index contributed by atoms with van der Waals surface area (Å²) in [5.74, 6) is 0.764. The fraction of sp³-hybridized carbons (Fsp3) is 0.192. The number of aromatic amines is 1. The first kappa shape index (κ1) is 22.4. The number of H-pyrrole nitrogens is 1. The fourth-order valence-corrected chi connectivity index (χ4v) is 4.93. The minimum atomic E-state index is -0.769. The maximum atomic E-state index is 13.7. The Morgan fingerprint density at radius 2 is 1.76 bits per heavy atom. The summed E-state index contributed by atoms with van der Waals surface area (Å²) >= 11 is 2.25. The van der Waals surface area contributed by atoms with Crippen molar-refractivity contribution in [2.24, 2.45) is 0 Å². The Morgan fingerprint density at radius 3 is 2.47 bits per heavy atom. The normalized spacial score (nSPS) is 17.6. The van der Waals surface area contributed by atoms with Crippen molar-refractivity contribution in [3.63, 3.8) is 0 Å². The van der Waals surface area contributed by atoms with Crippen LogP contribution in [-0.2, 0) is 4.79 Å². The molecule has 0 bridgehead atoms. The molecule has 1 aromatic heterocycles. The molecule has 3 amide bonds. The maximum absolute atomic E-state index is 13.7. The second kappa shape index (κ2) is 9.09. The number of amides is 3. The van der Waals surface area contributed by atoms with Gasteiger partial charge in [-0.2, -0.15) is 0 Å². The average molecular weight is 566 g/mol. The highest BCUT2D eigenvalue weighted by atomic mass is 127. The highest BCUT2D eigenvalue weighted by Gasteiger charge is 2.46. The van der Waals surface area contributed by atoms with E-state index in [-0.39, 0.29) is 11.8 Å². The lowest BCUT2D eigenvalue weighted by Crippen LogP contribution is -2.38. The molecule has 8 heteroatoms. The first-order valence-electron chi connectivity index (χ1n) is 10.9.